The zero-order valence-corrected chi connectivity index (χ0v) is 10.1. The summed E-state index contributed by atoms with van der Waals surface area (Å²) < 4.78 is 0. The number of nitrogens with two attached hydrogens (primary N) is 1. The molecule has 0 radical (unpaired) electrons. The molecule has 0 fully saturated rings. The van der Waals surface area contributed by atoms with Gasteiger partial charge >= 0.3 is 5.69 Å². The van der Waals surface area contributed by atoms with E-state index in [1.165, 1.54) is 0 Å². The Balaban J connectivity index is 2.85. The summed E-state index contributed by atoms with van der Waals surface area (Å²) in [5.41, 5.74) is 5.65. The van der Waals surface area contributed by atoms with Crippen LogP contribution in [0.5, 0.6) is 0 Å². The smallest absolute Gasteiger partial charge is 0.332 e. The molecule has 1 aromatic heterocycles. The number of hydrogen-bond acceptors (Lipinski definition) is 6. The van der Waals surface area contributed by atoms with Gasteiger partial charge in [-0.05, 0) is 13.3 Å². The molecule has 17 heavy (non-hydrogen) atoms. The van der Waals surface area contributed by atoms with Crippen molar-refractivity contribution >= 4 is 17.5 Å². The monoisotopic (exact) mass is 239 g/mol. The molecular weight excluding hydrogens is 222 g/mol. The van der Waals surface area contributed by atoms with Gasteiger partial charge in [-0.2, -0.15) is 4.98 Å². The molecule has 0 aliphatic heterocycles. The summed E-state index contributed by atoms with van der Waals surface area (Å²) in [6.07, 6.45) is 3.10. The molecule has 0 unspecified atom stereocenters. The molecule has 0 bridgehead atoms. The van der Waals surface area contributed by atoms with Gasteiger partial charge < -0.3 is 11.1 Å². The average Bonchev–Trinajstić information content (AvgIpc) is 2.22. The number of hydrogen-bond donors (Lipinski definition) is 2. The van der Waals surface area contributed by atoms with Gasteiger partial charge in [0.1, 0.15) is 5.69 Å². The predicted octanol–water partition coefficient (Wildman–Crippen LogP) is 1.88. The minimum Gasteiger partial charge on any atom is -0.368 e. The van der Waals surface area contributed by atoms with Crippen molar-refractivity contribution in [2.24, 2.45) is 0 Å². The number of nitrogens with one attached hydrogen (secondary N) is 1. The Hall–Kier alpha value is -1.92. The fourth-order valence-electron chi connectivity index (χ4n) is 1.51. The molecule has 1 rings (SSSR count). The summed E-state index contributed by atoms with van der Waals surface area (Å²) in [6.45, 7) is 4.28. The minimum atomic E-state index is -0.489. The predicted molar refractivity (Wildman–Crippen MR) is 65.9 cm³/mol. The van der Waals surface area contributed by atoms with Crippen LogP contribution in [0.15, 0.2) is 0 Å². The van der Waals surface area contributed by atoms with E-state index in [0.29, 0.717) is 6.54 Å². The van der Waals surface area contributed by atoms with Crippen LogP contribution in [-0.2, 0) is 0 Å². The molecule has 0 amide bonds. The van der Waals surface area contributed by atoms with E-state index in [1.807, 2.05) is 0 Å². The van der Waals surface area contributed by atoms with Gasteiger partial charge in [0.05, 0.1) is 4.92 Å². The zero-order chi connectivity index (χ0) is 12.8. The normalized spacial score (nSPS) is 10.2. The van der Waals surface area contributed by atoms with Crippen LogP contribution in [0.25, 0.3) is 0 Å². The van der Waals surface area contributed by atoms with Crippen LogP contribution in [0.1, 0.15) is 31.9 Å². The number of unbranched alkanes of at least 4 members (excludes halogenated alkanes) is 2. The number of rotatable bonds is 6. The molecule has 94 valence electrons. The highest BCUT2D eigenvalue weighted by Gasteiger charge is 2.20. The third-order valence-corrected chi connectivity index (χ3v) is 2.33. The lowest BCUT2D eigenvalue weighted by atomic mass is 10.2. The maximum atomic E-state index is 10.9. The van der Waals surface area contributed by atoms with Crippen LogP contribution in [0.2, 0.25) is 0 Å². The van der Waals surface area contributed by atoms with Crippen molar-refractivity contribution in [1.29, 1.82) is 0 Å². The molecule has 0 aromatic carbocycles. The zero-order valence-electron chi connectivity index (χ0n) is 10.1. The average molecular weight is 239 g/mol. The fourth-order valence-corrected chi connectivity index (χ4v) is 1.51. The van der Waals surface area contributed by atoms with Gasteiger partial charge in [-0.25, -0.2) is 4.98 Å². The van der Waals surface area contributed by atoms with Crippen molar-refractivity contribution in [3.63, 3.8) is 0 Å². The highest BCUT2D eigenvalue weighted by molar-refractivity contribution is 5.60. The lowest BCUT2D eigenvalue weighted by molar-refractivity contribution is -0.385. The van der Waals surface area contributed by atoms with Crippen molar-refractivity contribution in [2.75, 3.05) is 17.6 Å². The van der Waals surface area contributed by atoms with E-state index >= 15 is 0 Å². The van der Waals surface area contributed by atoms with Crippen LogP contribution < -0.4 is 11.1 Å². The molecule has 0 aliphatic carbocycles. The molecule has 1 aromatic rings. The summed E-state index contributed by atoms with van der Waals surface area (Å²) in [6, 6.07) is 0. The molecule has 1 heterocycles. The SMILES string of the molecule is CCCCCNc1nc(N)nc(C)c1[N+](=O)[O-]. The highest BCUT2D eigenvalue weighted by Crippen LogP contribution is 2.25. The van der Waals surface area contributed by atoms with Gasteiger partial charge in [0.15, 0.2) is 0 Å². The largest absolute Gasteiger partial charge is 0.368 e. The molecule has 3 N–H and O–H groups in total. The first kappa shape index (κ1) is 13.1. The maximum Gasteiger partial charge on any atom is 0.332 e. The van der Waals surface area contributed by atoms with Crippen molar-refractivity contribution in [1.82, 2.24) is 9.97 Å². The van der Waals surface area contributed by atoms with Crippen LogP contribution in [-0.4, -0.2) is 21.4 Å². The Morgan fingerprint density at radius 1 is 1.41 bits per heavy atom. The van der Waals surface area contributed by atoms with E-state index in [2.05, 4.69) is 22.2 Å². The lowest BCUT2D eigenvalue weighted by Crippen LogP contribution is -2.10. The molecule has 7 heteroatoms. The standard InChI is InChI=1S/C10H17N5O2/c1-3-4-5-6-12-9-8(15(16)17)7(2)13-10(11)14-9/h3-6H2,1-2H3,(H3,11,12,13,14). The first-order valence-electron chi connectivity index (χ1n) is 5.58. The summed E-state index contributed by atoms with van der Waals surface area (Å²) in [5, 5.41) is 13.8. The van der Waals surface area contributed by atoms with Gasteiger partial charge in [-0.3, -0.25) is 10.1 Å². The number of nitrogens with zero attached hydrogens (tertiary/aromatic N) is 3. The number of aromatic nitrogens is 2. The molecule has 0 atom stereocenters. The van der Waals surface area contributed by atoms with Gasteiger partial charge in [0.25, 0.3) is 0 Å². The van der Waals surface area contributed by atoms with Crippen molar-refractivity contribution < 1.29 is 4.92 Å². The Morgan fingerprint density at radius 2 is 2.12 bits per heavy atom. The van der Waals surface area contributed by atoms with E-state index in [1.54, 1.807) is 6.92 Å². The number of nitrogen functional groups attached to an aromatic ring is 1. The quantitative estimate of drug-likeness (QED) is 0.446. The Kier molecular flexibility index (Phi) is 4.62. The summed E-state index contributed by atoms with van der Waals surface area (Å²) in [7, 11) is 0. The van der Waals surface area contributed by atoms with Gasteiger partial charge in [0.2, 0.25) is 11.8 Å². The molecule has 7 nitrogen and oxygen atoms in total. The van der Waals surface area contributed by atoms with Gasteiger partial charge in [0, 0.05) is 6.54 Å². The molecule has 0 spiro atoms. The molecule has 0 saturated heterocycles. The molecular formula is C10H17N5O2. The second-order valence-corrected chi connectivity index (χ2v) is 3.76. The Labute approximate surface area is 99.6 Å². The van der Waals surface area contributed by atoms with Gasteiger partial charge in [-0.1, -0.05) is 19.8 Å². The third-order valence-electron chi connectivity index (χ3n) is 2.33. The highest BCUT2D eigenvalue weighted by atomic mass is 16.6. The second kappa shape index (κ2) is 5.97. The van der Waals surface area contributed by atoms with Crippen LogP contribution in [0, 0.1) is 17.0 Å². The van der Waals surface area contributed by atoms with Crippen molar-refractivity contribution in [2.45, 2.75) is 33.1 Å². The summed E-state index contributed by atoms with van der Waals surface area (Å²) in [4.78, 5) is 18.0. The van der Waals surface area contributed by atoms with Crippen LogP contribution in [0.3, 0.4) is 0 Å². The van der Waals surface area contributed by atoms with Crippen LogP contribution in [0.4, 0.5) is 17.5 Å². The summed E-state index contributed by atoms with van der Waals surface area (Å²) >= 11 is 0. The number of anilines is 2. The second-order valence-electron chi connectivity index (χ2n) is 3.76. The van der Waals surface area contributed by atoms with Crippen molar-refractivity contribution in [3.05, 3.63) is 15.8 Å². The number of aryl methyl sites for hydroxylation is 1. The topological polar surface area (TPSA) is 107 Å². The number of nitro groups is 1. The van der Waals surface area contributed by atoms with Gasteiger partial charge in [-0.15, -0.1) is 0 Å². The fraction of sp³-hybridized carbons (Fsp3) is 0.600. The third kappa shape index (κ3) is 3.54. The first-order chi connectivity index (χ1) is 8.06. The van der Waals surface area contributed by atoms with E-state index < -0.39 is 4.92 Å². The summed E-state index contributed by atoms with van der Waals surface area (Å²) in [5.74, 6) is 0.252. The van der Waals surface area contributed by atoms with E-state index in [-0.39, 0.29) is 23.1 Å². The Bertz CT molecular complexity index is 408. The molecule has 0 saturated carbocycles. The molecule has 0 aliphatic rings. The van der Waals surface area contributed by atoms with Crippen LogP contribution >= 0.6 is 0 Å². The lowest BCUT2D eigenvalue weighted by Gasteiger charge is -2.07. The van der Waals surface area contributed by atoms with E-state index in [4.69, 9.17) is 5.73 Å². The van der Waals surface area contributed by atoms with Crippen molar-refractivity contribution in [3.8, 4) is 0 Å². The van der Waals surface area contributed by atoms with E-state index in [0.717, 1.165) is 19.3 Å². The maximum absolute atomic E-state index is 10.9. The first-order valence-corrected chi connectivity index (χ1v) is 5.58. The minimum absolute atomic E-state index is 0.0473. The Morgan fingerprint density at radius 3 is 2.71 bits per heavy atom. The van der Waals surface area contributed by atoms with E-state index in [9.17, 15) is 10.1 Å².